The van der Waals surface area contributed by atoms with Crippen molar-refractivity contribution in [2.75, 3.05) is 17.3 Å². The van der Waals surface area contributed by atoms with Gasteiger partial charge >= 0.3 is 0 Å². The number of carbonyl (C=O) groups excluding carboxylic acids is 2. The number of hydrogen-bond donors (Lipinski definition) is 3. The van der Waals surface area contributed by atoms with Gasteiger partial charge in [-0.1, -0.05) is 42.5 Å². The molecule has 0 bridgehead atoms. The van der Waals surface area contributed by atoms with Crippen LogP contribution >= 0.6 is 23.1 Å². The summed E-state index contributed by atoms with van der Waals surface area (Å²) in [6.07, 6.45) is 2.49. The molecule has 6 nitrogen and oxygen atoms in total. The Morgan fingerprint density at radius 2 is 1.87 bits per heavy atom. The molecule has 0 fully saturated rings. The van der Waals surface area contributed by atoms with Crippen LogP contribution in [-0.2, 0) is 11.3 Å². The number of thioether (sulfide) groups is 1. The largest absolute Gasteiger partial charge is 0.340 e. The zero-order chi connectivity index (χ0) is 21.3. The molecule has 156 valence electrons. The normalized spacial score (nSPS) is 11.7. The van der Waals surface area contributed by atoms with Crippen LogP contribution in [0.15, 0.2) is 60.0 Å². The van der Waals surface area contributed by atoms with Gasteiger partial charge in [0.25, 0.3) is 5.91 Å². The van der Waals surface area contributed by atoms with E-state index in [1.165, 1.54) is 11.3 Å². The summed E-state index contributed by atoms with van der Waals surface area (Å²) >= 11 is 2.99. The van der Waals surface area contributed by atoms with Crippen LogP contribution in [0.3, 0.4) is 0 Å². The zero-order valence-electron chi connectivity index (χ0n) is 16.6. The first-order chi connectivity index (χ1) is 14.6. The highest BCUT2D eigenvalue weighted by atomic mass is 32.2. The van der Waals surface area contributed by atoms with Crippen molar-refractivity contribution in [3.8, 4) is 11.3 Å². The first-order valence-corrected chi connectivity index (χ1v) is 11.8. The van der Waals surface area contributed by atoms with E-state index in [1.807, 2.05) is 54.1 Å². The van der Waals surface area contributed by atoms with Gasteiger partial charge in [-0.3, -0.25) is 9.59 Å². The van der Waals surface area contributed by atoms with Crippen LogP contribution in [0.4, 0.5) is 5.13 Å². The van der Waals surface area contributed by atoms with Crippen LogP contribution in [0, 0.1) is 0 Å². The summed E-state index contributed by atoms with van der Waals surface area (Å²) in [7, 11) is 0. The van der Waals surface area contributed by atoms with Gasteiger partial charge in [-0.15, -0.1) is 11.3 Å². The van der Waals surface area contributed by atoms with Gasteiger partial charge in [0.05, 0.1) is 5.69 Å². The van der Waals surface area contributed by atoms with Crippen LogP contribution in [0.2, 0.25) is 0 Å². The van der Waals surface area contributed by atoms with E-state index in [0.717, 1.165) is 22.6 Å². The monoisotopic (exact) mass is 440 g/mol. The number of hydrogen-bond acceptors (Lipinski definition) is 6. The van der Waals surface area contributed by atoms with E-state index in [0.29, 0.717) is 23.7 Å². The fraction of sp³-hybridized carbons (Fsp3) is 0.227. The number of aromatic nitrogens is 1. The molecule has 2 aromatic carbocycles. The molecule has 4 N–H and O–H groups in total. The first-order valence-electron chi connectivity index (χ1n) is 9.51. The molecule has 8 heteroatoms. The second-order valence-electron chi connectivity index (χ2n) is 6.60. The number of nitrogens with two attached hydrogens (primary N) is 1. The van der Waals surface area contributed by atoms with Crippen LogP contribution in [-0.4, -0.2) is 34.8 Å². The lowest BCUT2D eigenvalue weighted by Crippen LogP contribution is -2.44. The molecule has 2 amide bonds. The number of benzene rings is 2. The van der Waals surface area contributed by atoms with Crippen molar-refractivity contribution < 1.29 is 9.59 Å². The minimum absolute atomic E-state index is 0.273. The van der Waals surface area contributed by atoms with Gasteiger partial charge in [0, 0.05) is 23.1 Å². The molecule has 0 saturated carbocycles. The molecular weight excluding hydrogens is 416 g/mol. The molecule has 1 aromatic heterocycles. The Bertz CT molecular complexity index is 974. The van der Waals surface area contributed by atoms with E-state index in [9.17, 15) is 9.59 Å². The maximum Gasteiger partial charge on any atom is 0.251 e. The van der Waals surface area contributed by atoms with E-state index in [1.54, 1.807) is 23.9 Å². The van der Waals surface area contributed by atoms with Crippen LogP contribution in [0.1, 0.15) is 22.3 Å². The molecule has 1 unspecified atom stereocenters. The van der Waals surface area contributed by atoms with Gasteiger partial charge in [-0.25, -0.2) is 4.98 Å². The number of nitrogens with zero attached hydrogens (tertiary/aromatic N) is 1. The van der Waals surface area contributed by atoms with Gasteiger partial charge in [0.1, 0.15) is 6.04 Å². The lowest BCUT2D eigenvalue weighted by molar-refractivity contribution is -0.118. The highest BCUT2D eigenvalue weighted by Crippen LogP contribution is 2.24. The molecule has 0 aliphatic rings. The summed E-state index contributed by atoms with van der Waals surface area (Å²) in [6, 6.07) is 16.2. The number of carbonyl (C=O) groups is 2. The van der Waals surface area contributed by atoms with Crippen LogP contribution in [0.25, 0.3) is 11.3 Å². The minimum atomic E-state index is -0.650. The van der Waals surface area contributed by atoms with Crippen molar-refractivity contribution in [1.29, 1.82) is 0 Å². The molecule has 0 aliphatic carbocycles. The van der Waals surface area contributed by atoms with Gasteiger partial charge in [-0.05, 0) is 36.1 Å². The fourth-order valence-corrected chi connectivity index (χ4v) is 4.00. The molecular formula is C22H24N4O2S2. The first kappa shape index (κ1) is 22.0. The standard InChI is InChI=1S/C22H24N4O2S2/c1-29-12-11-18(24-20(27)17-9-7-15(13-23)8-10-17)21(28)26-22-25-19(14-30-22)16-5-3-2-4-6-16/h2-10,14,18H,11-13,23H2,1H3,(H,24,27)(H,25,26,28). The Morgan fingerprint density at radius 1 is 1.13 bits per heavy atom. The number of thiazole rings is 1. The average Bonchev–Trinajstić information content (AvgIpc) is 3.25. The summed E-state index contributed by atoms with van der Waals surface area (Å²) in [6.45, 7) is 0.416. The number of anilines is 1. The predicted molar refractivity (Wildman–Crippen MR) is 125 cm³/mol. The Kier molecular flexibility index (Phi) is 8.01. The van der Waals surface area contributed by atoms with Crippen LogP contribution < -0.4 is 16.4 Å². The molecule has 3 rings (SSSR count). The van der Waals surface area contributed by atoms with Gasteiger partial charge in [0.2, 0.25) is 5.91 Å². The molecule has 1 heterocycles. The third kappa shape index (κ3) is 5.91. The fourth-order valence-electron chi connectivity index (χ4n) is 2.80. The van der Waals surface area contributed by atoms with Gasteiger partial charge < -0.3 is 16.4 Å². The van der Waals surface area contributed by atoms with Gasteiger partial charge in [-0.2, -0.15) is 11.8 Å². The Balaban J connectivity index is 1.67. The van der Waals surface area contributed by atoms with Crippen molar-refractivity contribution in [3.05, 3.63) is 71.1 Å². The third-order valence-corrected chi connectivity index (χ3v) is 5.89. The molecule has 30 heavy (non-hydrogen) atoms. The molecule has 0 saturated heterocycles. The Labute approximate surface area is 184 Å². The zero-order valence-corrected chi connectivity index (χ0v) is 18.3. The van der Waals surface area contributed by atoms with Gasteiger partial charge in [0.15, 0.2) is 5.13 Å². The van der Waals surface area contributed by atoms with Crippen LogP contribution in [0.5, 0.6) is 0 Å². The van der Waals surface area contributed by atoms with E-state index in [4.69, 9.17) is 5.73 Å². The highest BCUT2D eigenvalue weighted by Gasteiger charge is 2.22. The third-order valence-electron chi connectivity index (χ3n) is 4.49. The number of amides is 2. The Hall–Kier alpha value is -2.68. The van der Waals surface area contributed by atoms with E-state index in [2.05, 4.69) is 15.6 Å². The second kappa shape index (κ2) is 10.9. The van der Waals surface area contributed by atoms with Crippen molar-refractivity contribution >= 4 is 40.0 Å². The quantitative estimate of drug-likeness (QED) is 0.471. The van der Waals surface area contributed by atoms with Crippen molar-refractivity contribution in [2.24, 2.45) is 5.73 Å². The topological polar surface area (TPSA) is 97.1 Å². The van der Waals surface area contributed by atoms with Crippen molar-refractivity contribution in [3.63, 3.8) is 0 Å². The van der Waals surface area contributed by atoms with E-state index >= 15 is 0 Å². The minimum Gasteiger partial charge on any atom is -0.340 e. The highest BCUT2D eigenvalue weighted by molar-refractivity contribution is 7.98. The molecule has 0 spiro atoms. The SMILES string of the molecule is CSCCC(NC(=O)c1ccc(CN)cc1)C(=O)Nc1nc(-c2ccccc2)cs1. The summed E-state index contributed by atoms with van der Waals surface area (Å²) in [5, 5.41) is 8.10. The summed E-state index contributed by atoms with van der Waals surface area (Å²) < 4.78 is 0. The summed E-state index contributed by atoms with van der Waals surface area (Å²) in [5.41, 5.74) is 8.84. The average molecular weight is 441 g/mol. The predicted octanol–water partition coefficient (Wildman–Crippen LogP) is 3.76. The molecule has 3 aromatic rings. The molecule has 0 radical (unpaired) electrons. The molecule has 1 atom stereocenters. The van der Waals surface area contributed by atoms with Crippen molar-refractivity contribution in [1.82, 2.24) is 10.3 Å². The summed E-state index contributed by atoms with van der Waals surface area (Å²) in [4.78, 5) is 30.0. The second-order valence-corrected chi connectivity index (χ2v) is 8.45. The van der Waals surface area contributed by atoms with E-state index < -0.39 is 6.04 Å². The molecule has 0 aliphatic heterocycles. The van der Waals surface area contributed by atoms with Crippen molar-refractivity contribution in [2.45, 2.75) is 19.0 Å². The summed E-state index contributed by atoms with van der Waals surface area (Å²) in [5.74, 6) is 0.186. The Morgan fingerprint density at radius 3 is 2.53 bits per heavy atom. The lowest BCUT2D eigenvalue weighted by atomic mass is 10.1. The maximum absolute atomic E-state index is 12.8. The number of nitrogens with one attached hydrogen (secondary N) is 2. The number of rotatable bonds is 9. The maximum atomic E-state index is 12.8. The van der Waals surface area contributed by atoms with E-state index in [-0.39, 0.29) is 11.8 Å². The lowest BCUT2D eigenvalue weighted by Gasteiger charge is -2.17. The smallest absolute Gasteiger partial charge is 0.251 e.